The van der Waals surface area contributed by atoms with Gasteiger partial charge in [-0.15, -0.1) is 11.3 Å². The number of aliphatic imine (C=N–C) groups is 1. The summed E-state index contributed by atoms with van der Waals surface area (Å²) < 4.78 is 46.5. The van der Waals surface area contributed by atoms with Gasteiger partial charge in [-0.3, -0.25) is 9.79 Å². The Bertz CT molecular complexity index is 1410. The van der Waals surface area contributed by atoms with Gasteiger partial charge in [-0.1, -0.05) is 17.7 Å². The number of carboxylic acid groups (broad SMARTS) is 1. The van der Waals surface area contributed by atoms with E-state index < -0.39 is 33.8 Å². The van der Waals surface area contributed by atoms with Crippen LogP contribution in [-0.2, 0) is 24.3 Å². The molecule has 40 heavy (non-hydrogen) atoms. The molecule has 1 unspecified atom stereocenters. The maximum absolute atomic E-state index is 13.8. The SMILES string of the molecule is CCOC(=O)CCCS(=O)(=O)NC1CCC(C2=C(C(=O)O)C(c3ccc(F)cc3Cl)N=C(c3nccs3)N2)CC1. The zero-order valence-corrected chi connectivity index (χ0v) is 24.1. The third-order valence-electron chi connectivity index (χ3n) is 6.78. The Balaban J connectivity index is 1.52. The first-order chi connectivity index (χ1) is 19.1. The van der Waals surface area contributed by atoms with Gasteiger partial charge >= 0.3 is 11.9 Å². The van der Waals surface area contributed by atoms with E-state index in [2.05, 4.69) is 20.0 Å². The average Bonchev–Trinajstić information content (AvgIpc) is 3.43. The van der Waals surface area contributed by atoms with Crippen LogP contribution in [0.4, 0.5) is 4.39 Å². The Morgan fingerprint density at radius 2 is 2.02 bits per heavy atom. The van der Waals surface area contributed by atoms with Crippen molar-refractivity contribution in [3.63, 3.8) is 0 Å². The summed E-state index contributed by atoms with van der Waals surface area (Å²) in [6.45, 7) is 1.94. The fourth-order valence-corrected chi connectivity index (χ4v) is 7.22. The zero-order valence-electron chi connectivity index (χ0n) is 21.7. The lowest BCUT2D eigenvalue weighted by Crippen LogP contribution is -2.42. The number of ether oxygens (including phenoxy) is 1. The number of hydrogen-bond donors (Lipinski definition) is 3. The first-order valence-electron chi connectivity index (χ1n) is 12.9. The van der Waals surface area contributed by atoms with Crippen LogP contribution < -0.4 is 10.0 Å². The van der Waals surface area contributed by atoms with Crippen molar-refractivity contribution in [2.75, 3.05) is 12.4 Å². The molecule has 2 heterocycles. The number of halogens is 2. The number of thiazole rings is 1. The number of carboxylic acids is 1. The maximum atomic E-state index is 13.8. The molecule has 4 rings (SSSR count). The monoisotopic (exact) mass is 612 g/mol. The Kier molecular flexibility index (Phi) is 9.93. The van der Waals surface area contributed by atoms with Crippen LogP contribution in [0.2, 0.25) is 5.02 Å². The fraction of sp³-hybridized carbons (Fsp3) is 0.462. The van der Waals surface area contributed by atoms with E-state index in [0.717, 1.165) is 6.07 Å². The Hall–Kier alpha value is -2.87. The van der Waals surface area contributed by atoms with Crippen LogP contribution in [0.3, 0.4) is 0 Å². The molecule has 14 heteroatoms. The van der Waals surface area contributed by atoms with E-state index in [0.29, 0.717) is 47.8 Å². The molecule has 1 aromatic heterocycles. The highest BCUT2D eigenvalue weighted by Crippen LogP contribution is 2.40. The number of aliphatic carboxylic acids is 1. The summed E-state index contributed by atoms with van der Waals surface area (Å²) in [4.78, 5) is 33.0. The lowest BCUT2D eigenvalue weighted by atomic mass is 9.80. The van der Waals surface area contributed by atoms with Gasteiger partial charge in [-0.2, -0.15) is 0 Å². The van der Waals surface area contributed by atoms with E-state index in [1.54, 1.807) is 18.5 Å². The minimum atomic E-state index is -3.60. The van der Waals surface area contributed by atoms with Crippen LogP contribution in [-0.4, -0.2) is 54.7 Å². The van der Waals surface area contributed by atoms with Gasteiger partial charge in [0.25, 0.3) is 0 Å². The van der Waals surface area contributed by atoms with Crippen molar-refractivity contribution in [1.82, 2.24) is 15.0 Å². The molecule has 0 amide bonds. The van der Waals surface area contributed by atoms with Crippen LogP contribution in [0.1, 0.15) is 62.1 Å². The van der Waals surface area contributed by atoms with E-state index in [4.69, 9.17) is 16.3 Å². The normalized spacial score (nSPS) is 21.5. The van der Waals surface area contributed by atoms with Crippen molar-refractivity contribution < 1.29 is 32.2 Å². The molecule has 10 nitrogen and oxygen atoms in total. The summed E-state index contributed by atoms with van der Waals surface area (Å²) in [6, 6.07) is 2.48. The number of esters is 1. The average molecular weight is 613 g/mol. The predicted octanol–water partition coefficient (Wildman–Crippen LogP) is 4.19. The van der Waals surface area contributed by atoms with Gasteiger partial charge in [0.2, 0.25) is 10.0 Å². The number of nitrogens with zero attached hydrogens (tertiary/aromatic N) is 2. The molecule has 216 valence electrons. The third-order valence-corrected chi connectivity index (χ3v) is 9.40. The van der Waals surface area contributed by atoms with E-state index in [1.165, 1.54) is 23.5 Å². The highest BCUT2D eigenvalue weighted by atomic mass is 35.5. The van der Waals surface area contributed by atoms with Crippen molar-refractivity contribution in [2.45, 2.75) is 57.5 Å². The number of amidine groups is 1. The largest absolute Gasteiger partial charge is 0.478 e. The van der Waals surface area contributed by atoms with Crippen molar-refractivity contribution in [1.29, 1.82) is 0 Å². The summed E-state index contributed by atoms with van der Waals surface area (Å²) in [7, 11) is -3.60. The number of nitrogens with one attached hydrogen (secondary N) is 2. The van der Waals surface area contributed by atoms with Crippen molar-refractivity contribution in [3.05, 3.63) is 62.5 Å². The minimum Gasteiger partial charge on any atom is -0.478 e. The summed E-state index contributed by atoms with van der Waals surface area (Å²) in [5.74, 6) is -2.17. The van der Waals surface area contributed by atoms with Crippen molar-refractivity contribution >= 4 is 50.7 Å². The topological polar surface area (TPSA) is 147 Å². The van der Waals surface area contributed by atoms with Crippen LogP contribution in [0.25, 0.3) is 0 Å². The van der Waals surface area contributed by atoms with Gasteiger partial charge in [-0.05, 0) is 57.1 Å². The molecular weight excluding hydrogens is 583 g/mol. The number of hydrogen-bond acceptors (Lipinski definition) is 9. The van der Waals surface area contributed by atoms with Crippen LogP contribution in [0.15, 0.2) is 46.0 Å². The maximum Gasteiger partial charge on any atom is 0.335 e. The number of allylic oxidation sites excluding steroid dienone is 1. The van der Waals surface area contributed by atoms with E-state index >= 15 is 0 Å². The first kappa shape index (κ1) is 30.1. The number of aromatic nitrogens is 1. The molecule has 1 aliphatic carbocycles. The van der Waals surface area contributed by atoms with Crippen LogP contribution >= 0.6 is 22.9 Å². The highest BCUT2D eigenvalue weighted by molar-refractivity contribution is 7.89. The Labute approximate surface area is 240 Å². The molecule has 0 spiro atoms. The molecule has 1 aliphatic heterocycles. The minimum absolute atomic E-state index is 0.0109. The molecule has 0 saturated heterocycles. The van der Waals surface area contributed by atoms with Crippen molar-refractivity contribution in [3.8, 4) is 0 Å². The summed E-state index contributed by atoms with van der Waals surface area (Å²) in [5, 5.41) is 15.9. The number of carbonyl (C=O) groups is 2. The fourth-order valence-electron chi connectivity index (χ4n) is 4.97. The third kappa shape index (κ3) is 7.45. The first-order valence-corrected chi connectivity index (χ1v) is 15.8. The van der Waals surface area contributed by atoms with Gasteiger partial charge in [-0.25, -0.2) is 27.3 Å². The molecule has 1 fully saturated rings. The second kappa shape index (κ2) is 13.2. The van der Waals surface area contributed by atoms with E-state index in [1.807, 2.05) is 0 Å². The molecule has 0 bridgehead atoms. The highest BCUT2D eigenvalue weighted by Gasteiger charge is 2.37. The van der Waals surface area contributed by atoms with Crippen LogP contribution in [0.5, 0.6) is 0 Å². The molecule has 2 aliphatic rings. The number of carbonyl (C=O) groups excluding carboxylic acids is 1. The molecule has 2 aromatic rings. The standard InChI is InChI=1S/C26H30ClFN4O6S2/c1-2-38-20(33)4-3-13-40(36,37)32-17-8-5-15(6-9-17)22-21(26(34)35)23(18-10-7-16(28)14-19(18)27)31-24(30-22)25-29-11-12-39-25/h7,10-12,14-15,17,23,32H,2-6,8-9,13H2,1H3,(H,30,31)(H,34,35). The number of benzene rings is 1. The quantitative estimate of drug-likeness (QED) is 0.320. The summed E-state index contributed by atoms with van der Waals surface area (Å²) in [6.07, 6.45) is 3.83. The van der Waals surface area contributed by atoms with Gasteiger partial charge in [0.15, 0.2) is 10.8 Å². The smallest absolute Gasteiger partial charge is 0.335 e. The van der Waals surface area contributed by atoms with Gasteiger partial charge in [0, 0.05) is 40.3 Å². The van der Waals surface area contributed by atoms with Crippen LogP contribution in [0, 0.1) is 11.7 Å². The summed E-state index contributed by atoms with van der Waals surface area (Å²) in [5.41, 5.74) is 0.837. The van der Waals surface area contributed by atoms with Gasteiger partial charge < -0.3 is 15.2 Å². The van der Waals surface area contributed by atoms with E-state index in [-0.39, 0.29) is 47.8 Å². The Morgan fingerprint density at radius 3 is 2.65 bits per heavy atom. The molecular formula is C26H30ClFN4O6S2. The molecule has 1 aromatic carbocycles. The molecule has 3 N–H and O–H groups in total. The second-order valence-electron chi connectivity index (χ2n) is 9.53. The summed E-state index contributed by atoms with van der Waals surface area (Å²) >= 11 is 7.68. The predicted molar refractivity (Wildman–Crippen MR) is 149 cm³/mol. The molecule has 1 saturated carbocycles. The van der Waals surface area contributed by atoms with Gasteiger partial charge in [0.1, 0.15) is 11.9 Å². The Morgan fingerprint density at radius 1 is 1.27 bits per heavy atom. The number of rotatable bonds is 11. The van der Waals surface area contributed by atoms with E-state index in [9.17, 15) is 27.5 Å². The van der Waals surface area contributed by atoms with Crippen molar-refractivity contribution in [2.24, 2.45) is 10.9 Å². The molecule has 0 radical (unpaired) electrons. The lowest BCUT2D eigenvalue weighted by Gasteiger charge is -2.35. The molecule has 1 atom stereocenters. The zero-order chi connectivity index (χ0) is 28.9. The number of sulfonamides is 1. The second-order valence-corrected chi connectivity index (χ2v) is 12.7. The lowest BCUT2D eigenvalue weighted by molar-refractivity contribution is -0.143. The van der Waals surface area contributed by atoms with Gasteiger partial charge in [0.05, 0.1) is 17.9 Å².